The fourth-order valence-corrected chi connectivity index (χ4v) is 7.25. The van der Waals surface area contributed by atoms with Gasteiger partial charge in [0.25, 0.3) is 0 Å². The second kappa shape index (κ2) is 11.9. The number of hydrogen-bond donors (Lipinski definition) is 0. The van der Waals surface area contributed by atoms with Gasteiger partial charge in [-0.25, -0.2) is 4.79 Å². The quantitative estimate of drug-likeness (QED) is 0.416. The molecule has 0 bridgehead atoms. The van der Waals surface area contributed by atoms with E-state index < -0.39 is 19.7 Å². The average Bonchev–Trinajstić information content (AvgIpc) is 2.91. The Kier molecular flexibility index (Phi) is 8.62. The van der Waals surface area contributed by atoms with E-state index in [2.05, 4.69) is 6.07 Å². The number of nitrogens with zero attached hydrogens (tertiary/aromatic N) is 2. The molecule has 4 atom stereocenters. The molecule has 2 fully saturated rings. The molecule has 35 heavy (non-hydrogen) atoms. The van der Waals surface area contributed by atoms with Gasteiger partial charge in [0.1, 0.15) is 6.04 Å². The van der Waals surface area contributed by atoms with Crippen molar-refractivity contribution in [1.29, 1.82) is 5.26 Å². The van der Waals surface area contributed by atoms with Crippen LogP contribution < -0.4 is 0 Å². The van der Waals surface area contributed by atoms with Crippen molar-refractivity contribution >= 4 is 13.7 Å². The zero-order valence-corrected chi connectivity index (χ0v) is 21.0. The molecule has 1 heterocycles. The first-order chi connectivity index (χ1) is 17.0. The Morgan fingerprint density at radius 1 is 0.971 bits per heavy atom. The highest BCUT2D eigenvalue weighted by molar-refractivity contribution is 7.53. The first kappa shape index (κ1) is 25.4. The van der Waals surface area contributed by atoms with E-state index in [4.69, 9.17) is 13.8 Å². The monoisotopic (exact) mass is 496 g/mol. The molecular weight excluding hydrogens is 463 g/mol. The van der Waals surface area contributed by atoms with Crippen molar-refractivity contribution in [2.75, 3.05) is 19.8 Å². The largest absolute Gasteiger partial charge is 0.453 e. The number of nitriles is 1. The summed E-state index contributed by atoms with van der Waals surface area (Å²) in [5.41, 5.74) is 1.90. The van der Waals surface area contributed by atoms with Gasteiger partial charge in [-0.15, -0.1) is 0 Å². The van der Waals surface area contributed by atoms with Crippen LogP contribution in [0.2, 0.25) is 0 Å². The predicted molar refractivity (Wildman–Crippen MR) is 132 cm³/mol. The maximum Gasteiger partial charge on any atom is 0.410 e. The van der Waals surface area contributed by atoms with Gasteiger partial charge < -0.3 is 13.8 Å². The topological polar surface area (TPSA) is 88.9 Å². The van der Waals surface area contributed by atoms with Crippen LogP contribution in [-0.4, -0.2) is 36.9 Å². The summed E-state index contributed by atoms with van der Waals surface area (Å²) in [6.45, 7) is 1.00. The smallest absolute Gasteiger partial charge is 0.410 e. The van der Waals surface area contributed by atoms with Gasteiger partial charge in [-0.3, -0.25) is 9.46 Å². The molecule has 0 spiro atoms. The molecule has 0 radical (unpaired) electrons. The van der Waals surface area contributed by atoms with Crippen LogP contribution >= 0.6 is 7.60 Å². The van der Waals surface area contributed by atoms with E-state index in [1.54, 1.807) is 4.90 Å². The third-order valence-corrected chi connectivity index (χ3v) is 9.17. The summed E-state index contributed by atoms with van der Waals surface area (Å²) in [7, 11) is -2.02. The first-order valence-corrected chi connectivity index (χ1v) is 13.9. The molecule has 2 aromatic carbocycles. The number of rotatable bonds is 8. The van der Waals surface area contributed by atoms with E-state index in [0.717, 1.165) is 30.4 Å². The molecule has 7 nitrogen and oxygen atoms in total. The van der Waals surface area contributed by atoms with Crippen molar-refractivity contribution in [3.63, 3.8) is 0 Å². The molecule has 0 N–H and O–H groups in total. The van der Waals surface area contributed by atoms with Crippen molar-refractivity contribution in [3.8, 4) is 6.07 Å². The highest BCUT2D eigenvalue weighted by Crippen LogP contribution is 2.54. The van der Waals surface area contributed by atoms with Crippen molar-refractivity contribution in [3.05, 3.63) is 71.8 Å². The zero-order chi connectivity index (χ0) is 24.7. The SMILES string of the molecule is COC(=O)N1CC2CCC(CP(=O)(OCc3ccccc3)OCc3ccccc3)CC2CC1C#N. The molecule has 1 saturated carbocycles. The van der Waals surface area contributed by atoms with Crippen LogP contribution in [0, 0.1) is 29.1 Å². The summed E-state index contributed by atoms with van der Waals surface area (Å²) < 4.78 is 30.8. The van der Waals surface area contributed by atoms with Gasteiger partial charge in [0.15, 0.2) is 0 Å². The summed E-state index contributed by atoms with van der Waals surface area (Å²) in [5.74, 6) is 0.804. The van der Waals surface area contributed by atoms with E-state index in [0.29, 0.717) is 31.0 Å². The second-order valence-electron chi connectivity index (χ2n) is 9.51. The van der Waals surface area contributed by atoms with E-state index >= 15 is 0 Å². The number of likely N-dealkylation sites (tertiary alicyclic amines) is 1. The minimum Gasteiger partial charge on any atom is -0.453 e. The molecular formula is C27H33N2O5P. The number of amides is 1. The second-order valence-corrected chi connectivity index (χ2v) is 11.6. The maximum absolute atomic E-state index is 13.9. The van der Waals surface area contributed by atoms with Crippen LogP contribution in [0.5, 0.6) is 0 Å². The van der Waals surface area contributed by atoms with Gasteiger partial charge in [-0.2, -0.15) is 5.26 Å². The van der Waals surface area contributed by atoms with Crippen molar-refractivity contribution in [2.45, 2.75) is 44.9 Å². The number of hydrogen-bond acceptors (Lipinski definition) is 6. The van der Waals surface area contributed by atoms with Crippen molar-refractivity contribution in [1.82, 2.24) is 4.90 Å². The van der Waals surface area contributed by atoms with Gasteiger partial charge in [0.05, 0.1) is 32.6 Å². The molecule has 8 heteroatoms. The Hall–Kier alpha value is -2.65. The lowest BCUT2D eigenvalue weighted by atomic mass is 9.70. The summed E-state index contributed by atoms with van der Waals surface area (Å²) in [5, 5.41) is 9.62. The summed E-state index contributed by atoms with van der Waals surface area (Å²) in [6, 6.07) is 21.2. The number of methoxy groups -OCH3 is 1. The van der Waals surface area contributed by atoms with E-state index in [1.807, 2.05) is 60.7 Å². The van der Waals surface area contributed by atoms with Crippen LogP contribution in [0.1, 0.15) is 36.8 Å². The van der Waals surface area contributed by atoms with Crippen LogP contribution in [0.3, 0.4) is 0 Å². The highest BCUT2D eigenvalue weighted by Gasteiger charge is 2.43. The summed E-state index contributed by atoms with van der Waals surface area (Å²) >= 11 is 0. The minimum absolute atomic E-state index is 0.178. The van der Waals surface area contributed by atoms with Crippen LogP contribution in [0.25, 0.3) is 0 Å². The maximum atomic E-state index is 13.9. The molecule has 2 aromatic rings. The summed E-state index contributed by atoms with van der Waals surface area (Å²) in [4.78, 5) is 13.7. The molecule has 0 aromatic heterocycles. The van der Waals surface area contributed by atoms with E-state index in [-0.39, 0.29) is 19.1 Å². The third-order valence-electron chi connectivity index (χ3n) is 7.16. The Morgan fingerprint density at radius 2 is 1.57 bits per heavy atom. The number of carbonyl (C=O) groups is 1. The van der Waals surface area contributed by atoms with E-state index in [1.165, 1.54) is 7.11 Å². The number of carbonyl (C=O) groups excluding carboxylic acids is 1. The van der Waals surface area contributed by atoms with E-state index in [9.17, 15) is 14.6 Å². The Morgan fingerprint density at radius 3 is 2.11 bits per heavy atom. The number of ether oxygens (including phenoxy) is 1. The molecule has 1 aliphatic carbocycles. The third kappa shape index (κ3) is 6.73. The minimum atomic E-state index is -3.37. The lowest BCUT2D eigenvalue weighted by Crippen LogP contribution is -2.51. The lowest BCUT2D eigenvalue weighted by Gasteiger charge is -2.45. The lowest BCUT2D eigenvalue weighted by molar-refractivity contribution is 0.0383. The number of fused-ring (bicyclic) bond motifs is 1. The predicted octanol–water partition coefficient (Wildman–Crippen LogP) is 6.01. The van der Waals surface area contributed by atoms with Gasteiger partial charge in [0, 0.05) is 6.54 Å². The van der Waals surface area contributed by atoms with Crippen LogP contribution in [-0.2, 0) is 31.6 Å². The zero-order valence-electron chi connectivity index (χ0n) is 20.1. The standard InChI is InChI=1S/C27H33N2O5P/c1-32-27(30)29-17-24-13-12-23(14-25(24)15-26(29)16-28)20-35(31,33-18-21-8-4-2-5-9-21)34-19-22-10-6-3-7-11-22/h2-11,23-26H,12-15,17-20H2,1H3. The summed E-state index contributed by atoms with van der Waals surface area (Å²) in [6.07, 6.45) is 3.19. The molecule has 186 valence electrons. The van der Waals surface area contributed by atoms with Crippen LogP contribution in [0.15, 0.2) is 60.7 Å². The fraction of sp³-hybridized carbons (Fsp3) is 0.481. The van der Waals surface area contributed by atoms with Crippen LogP contribution in [0.4, 0.5) is 4.79 Å². The number of benzene rings is 2. The molecule has 4 rings (SSSR count). The normalized spacial score (nSPS) is 24.3. The van der Waals surface area contributed by atoms with Gasteiger partial charge in [-0.05, 0) is 54.6 Å². The molecule has 4 unspecified atom stereocenters. The Labute approximate surface area is 207 Å². The van der Waals surface area contributed by atoms with Crippen molar-refractivity contribution in [2.24, 2.45) is 17.8 Å². The Bertz CT molecular complexity index is 1010. The van der Waals surface area contributed by atoms with Gasteiger partial charge in [0.2, 0.25) is 0 Å². The number of piperidine rings is 1. The molecule has 2 aliphatic rings. The first-order valence-electron chi connectivity index (χ1n) is 12.2. The molecule has 1 aliphatic heterocycles. The Balaban J connectivity index is 1.42. The molecule has 1 saturated heterocycles. The van der Waals surface area contributed by atoms with Gasteiger partial charge >= 0.3 is 13.7 Å². The average molecular weight is 497 g/mol. The van der Waals surface area contributed by atoms with Crippen molar-refractivity contribution < 1.29 is 23.1 Å². The fourth-order valence-electron chi connectivity index (χ4n) is 5.31. The van der Waals surface area contributed by atoms with Gasteiger partial charge in [-0.1, -0.05) is 60.7 Å². The highest BCUT2D eigenvalue weighted by atomic mass is 31.2. The molecule has 1 amide bonds.